The molecule has 0 aliphatic carbocycles. The number of carbonyl (C=O) groups is 2. The second kappa shape index (κ2) is 7.92. The fourth-order valence-electron chi connectivity index (χ4n) is 3.31. The van der Waals surface area contributed by atoms with Crippen LogP contribution in [0.15, 0.2) is 4.79 Å². The summed E-state index contributed by atoms with van der Waals surface area (Å²) in [5, 5.41) is 7.44. The van der Waals surface area contributed by atoms with Gasteiger partial charge in [-0.1, -0.05) is 13.8 Å². The van der Waals surface area contributed by atoms with E-state index in [1.54, 1.807) is 9.25 Å². The largest absolute Gasteiger partial charge is 0.448 e. The van der Waals surface area contributed by atoms with Gasteiger partial charge in [-0.25, -0.2) is 14.3 Å². The van der Waals surface area contributed by atoms with Crippen molar-refractivity contribution in [1.82, 2.24) is 24.6 Å². The fourth-order valence-corrected chi connectivity index (χ4v) is 3.31. The smallest absolute Gasteiger partial charge is 0.410 e. The number of cyclic esters (lactones) is 1. The van der Waals surface area contributed by atoms with Gasteiger partial charge in [0.15, 0.2) is 0 Å². The summed E-state index contributed by atoms with van der Waals surface area (Å²) in [4.78, 5) is 37.5. The molecule has 0 bridgehead atoms. The van der Waals surface area contributed by atoms with Gasteiger partial charge in [-0.2, -0.15) is 5.10 Å². The van der Waals surface area contributed by atoms with Crippen molar-refractivity contribution in [1.29, 1.82) is 0 Å². The summed E-state index contributed by atoms with van der Waals surface area (Å²) in [6.45, 7) is 6.24. The molecule has 2 aliphatic rings. The molecule has 26 heavy (non-hydrogen) atoms. The number of aryl methyl sites for hydroxylation is 2. The highest BCUT2D eigenvalue weighted by Crippen LogP contribution is 2.13. The topological polar surface area (TPSA) is 98.5 Å². The maximum atomic E-state index is 12.5. The zero-order chi connectivity index (χ0) is 18.7. The van der Waals surface area contributed by atoms with E-state index in [-0.39, 0.29) is 24.2 Å². The zero-order valence-corrected chi connectivity index (χ0v) is 15.4. The van der Waals surface area contributed by atoms with Crippen molar-refractivity contribution in [3.63, 3.8) is 0 Å². The second-order valence-electron chi connectivity index (χ2n) is 7.38. The first-order valence-corrected chi connectivity index (χ1v) is 9.31. The zero-order valence-electron chi connectivity index (χ0n) is 15.4. The summed E-state index contributed by atoms with van der Waals surface area (Å²) in [5.74, 6) is 1.12. The molecule has 3 rings (SSSR count). The Bertz CT molecular complexity index is 723. The van der Waals surface area contributed by atoms with Crippen molar-refractivity contribution in [3.05, 3.63) is 16.3 Å². The van der Waals surface area contributed by atoms with Crippen LogP contribution in [0.25, 0.3) is 0 Å². The Balaban J connectivity index is 1.54. The minimum Gasteiger partial charge on any atom is -0.448 e. The maximum absolute atomic E-state index is 12.5. The molecule has 3 heterocycles. The molecule has 0 aromatic carbocycles. The molecular formula is C17H27N5O4. The molecule has 2 amide bonds. The Kier molecular flexibility index (Phi) is 5.63. The molecule has 0 spiro atoms. The lowest BCUT2D eigenvalue weighted by molar-refractivity contribution is -0.122. The van der Waals surface area contributed by atoms with Crippen molar-refractivity contribution >= 4 is 12.0 Å². The Hall–Kier alpha value is -2.32. The van der Waals surface area contributed by atoms with Crippen LogP contribution in [-0.4, -0.2) is 57.0 Å². The van der Waals surface area contributed by atoms with Gasteiger partial charge in [0.1, 0.15) is 19.0 Å². The van der Waals surface area contributed by atoms with Crippen molar-refractivity contribution in [2.45, 2.75) is 58.7 Å². The number of fused-ring (bicyclic) bond motifs is 1. The van der Waals surface area contributed by atoms with E-state index in [9.17, 15) is 14.4 Å². The lowest BCUT2D eigenvalue weighted by Gasteiger charge is -2.18. The Morgan fingerprint density at radius 3 is 2.81 bits per heavy atom. The van der Waals surface area contributed by atoms with E-state index in [0.29, 0.717) is 45.0 Å². The van der Waals surface area contributed by atoms with E-state index in [1.807, 2.05) is 0 Å². The van der Waals surface area contributed by atoms with Gasteiger partial charge >= 0.3 is 11.8 Å². The third-order valence-electron chi connectivity index (χ3n) is 4.88. The summed E-state index contributed by atoms with van der Waals surface area (Å²) in [7, 11) is 0. The lowest BCUT2D eigenvalue weighted by atomic mass is 10.1. The highest BCUT2D eigenvalue weighted by atomic mass is 16.6. The third kappa shape index (κ3) is 4.25. The number of amides is 2. The number of rotatable bonds is 6. The van der Waals surface area contributed by atoms with Crippen molar-refractivity contribution in [2.75, 3.05) is 19.7 Å². The van der Waals surface area contributed by atoms with E-state index in [0.717, 1.165) is 18.7 Å². The lowest BCUT2D eigenvalue weighted by Crippen LogP contribution is -2.42. The molecule has 1 unspecified atom stereocenters. The molecule has 0 saturated carbocycles. The number of ether oxygens (including phenoxy) is 1. The maximum Gasteiger partial charge on any atom is 0.410 e. The average molecular weight is 365 g/mol. The van der Waals surface area contributed by atoms with E-state index in [1.165, 1.54) is 4.90 Å². The van der Waals surface area contributed by atoms with Gasteiger partial charge in [0.25, 0.3) is 0 Å². The van der Waals surface area contributed by atoms with Crippen LogP contribution in [0.2, 0.25) is 0 Å². The Morgan fingerprint density at radius 2 is 2.12 bits per heavy atom. The number of carbonyl (C=O) groups excluding carboxylic acids is 2. The van der Waals surface area contributed by atoms with E-state index in [2.05, 4.69) is 24.3 Å². The number of hydrogen-bond donors (Lipinski definition) is 1. The number of hydrogen-bond acceptors (Lipinski definition) is 5. The van der Waals surface area contributed by atoms with Crippen molar-refractivity contribution < 1.29 is 14.3 Å². The van der Waals surface area contributed by atoms with Gasteiger partial charge in [0, 0.05) is 25.6 Å². The van der Waals surface area contributed by atoms with Crippen LogP contribution >= 0.6 is 0 Å². The molecule has 2 aliphatic heterocycles. The monoisotopic (exact) mass is 365 g/mol. The fraction of sp³-hybridized carbons (Fsp3) is 0.765. The van der Waals surface area contributed by atoms with Crippen LogP contribution in [-0.2, 0) is 29.0 Å². The molecule has 0 radical (unpaired) electrons. The van der Waals surface area contributed by atoms with Gasteiger partial charge in [-0.05, 0) is 25.2 Å². The van der Waals surface area contributed by atoms with E-state index >= 15 is 0 Å². The summed E-state index contributed by atoms with van der Waals surface area (Å²) in [6, 6.07) is -0.0219. The third-order valence-corrected chi connectivity index (χ3v) is 4.88. The summed E-state index contributed by atoms with van der Waals surface area (Å²) >= 11 is 0. The molecule has 9 heteroatoms. The van der Waals surface area contributed by atoms with E-state index in [4.69, 9.17) is 4.74 Å². The quantitative estimate of drug-likeness (QED) is 0.785. The van der Waals surface area contributed by atoms with Crippen LogP contribution in [0, 0.1) is 5.92 Å². The van der Waals surface area contributed by atoms with E-state index < -0.39 is 6.09 Å². The Labute approximate surface area is 152 Å². The molecule has 9 nitrogen and oxygen atoms in total. The van der Waals surface area contributed by atoms with Gasteiger partial charge in [0.2, 0.25) is 5.91 Å². The number of nitrogens with zero attached hydrogens (tertiary/aromatic N) is 4. The second-order valence-corrected chi connectivity index (χ2v) is 7.38. The van der Waals surface area contributed by atoms with Crippen LogP contribution in [0.4, 0.5) is 4.79 Å². The first kappa shape index (κ1) is 18.5. The predicted molar refractivity (Wildman–Crippen MR) is 93.7 cm³/mol. The molecule has 1 atom stereocenters. The highest BCUT2D eigenvalue weighted by molar-refractivity contribution is 5.82. The molecule has 1 saturated heterocycles. The van der Waals surface area contributed by atoms with Gasteiger partial charge in [-0.15, -0.1) is 0 Å². The summed E-state index contributed by atoms with van der Waals surface area (Å²) in [5.41, 5.74) is -0.0626. The average Bonchev–Trinajstić information content (AvgIpc) is 3.04. The van der Waals surface area contributed by atoms with Crippen LogP contribution in [0.1, 0.15) is 38.9 Å². The van der Waals surface area contributed by atoms with Crippen LogP contribution in [0.5, 0.6) is 0 Å². The van der Waals surface area contributed by atoms with Crippen LogP contribution in [0.3, 0.4) is 0 Å². The van der Waals surface area contributed by atoms with Crippen molar-refractivity contribution in [2.24, 2.45) is 5.92 Å². The molecule has 1 N–H and O–H groups in total. The standard InChI is InChI=1S/C17H27N5O4/c1-12(2)5-8-22-16(24)21-7-6-13(3-4-14(21)19-22)18-15(23)11-20-9-10-26-17(20)25/h12-13H,3-11H2,1-2H3,(H,18,23). The highest BCUT2D eigenvalue weighted by Gasteiger charge is 2.26. The molecule has 1 aromatic heterocycles. The minimum atomic E-state index is -0.442. The van der Waals surface area contributed by atoms with Crippen molar-refractivity contribution in [3.8, 4) is 0 Å². The SMILES string of the molecule is CC(C)CCn1nc2n(c1=O)CCC(NC(=O)CN1CCOC1=O)CC2. The predicted octanol–water partition coefficient (Wildman–Crippen LogP) is 0.364. The molecular weight excluding hydrogens is 338 g/mol. The van der Waals surface area contributed by atoms with Gasteiger partial charge < -0.3 is 10.1 Å². The molecule has 1 aromatic rings. The number of nitrogens with one attached hydrogen (secondary N) is 1. The summed E-state index contributed by atoms with van der Waals surface area (Å²) < 4.78 is 8.11. The first-order chi connectivity index (χ1) is 12.4. The Morgan fingerprint density at radius 1 is 1.31 bits per heavy atom. The first-order valence-electron chi connectivity index (χ1n) is 9.31. The summed E-state index contributed by atoms with van der Waals surface area (Å²) in [6.07, 6.45) is 2.55. The van der Waals surface area contributed by atoms with Gasteiger partial charge in [-0.3, -0.25) is 14.3 Å². The minimum absolute atomic E-state index is 0.0158. The van der Waals surface area contributed by atoms with Crippen LogP contribution < -0.4 is 11.0 Å². The normalized spacial score (nSPS) is 20.0. The number of aromatic nitrogens is 3. The van der Waals surface area contributed by atoms with Gasteiger partial charge in [0.05, 0.1) is 6.54 Å². The molecule has 1 fully saturated rings. The molecule has 144 valence electrons.